The molecule has 0 aromatic carbocycles. The van der Waals surface area contributed by atoms with Gasteiger partial charge in [-0.2, -0.15) is 0 Å². The minimum absolute atomic E-state index is 0.599. The SMILES string of the molecule is C#CCCOCCC1CCN(C(=O)O)CC1. The van der Waals surface area contributed by atoms with E-state index in [0.29, 0.717) is 32.0 Å². The summed E-state index contributed by atoms with van der Waals surface area (Å²) in [7, 11) is 0. The quantitative estimate of drug-likeness (QED) is 0.573. The van der Waals surface area contributed by atoms with Gasteiger partial charge in [0.1, 0.15) is 0 Å². The summed E-state index contributed by atoms with van der Waals surface area (Å²) in [4.78, 5) is 12.2. The van der Waals surface area contributed by atoms with Crippen LogP contribution in [0.3, 0.4) is 0 Å². The van der Waals surface area contributed by atoms with Crippen molar-refractivity contribution in [1.29, 1.82) is 0 Å². The van der Waals surface area contributed by atoms with E-state index in [9.17, 15) is 4.79 Å². The molecule has 0 radical (unpaired) electrons. The number of hydrogen-bond acceptors (Lipinski definition) is 2. The minimum atomic E-state index is -0.802. The number of piperidine rings is 1. The molecular formula is C12H19NO3. The highest BCUT2D eigenvalue weighted by Crippen LogP contribution is 2.20. The molecule has 1 amide bonds. The van der Waals surface area contributed by atoms with E-state index in [1.807, 2.05) is 0 Å². The number of amides is 1. The van der Waals surface area contributed by atoms with Crippen LogP contribution in [-0.2, 0) is 4.74 Å². The van der Waals surface area contributed by atoms with Crippen molar-refractivity contribution in [3.8, 4) is 12.3 Å². The van der Waals surface area contributed by atoms with Gasteiger partial charge in [0.05, 0.1) is 6.61 Å². The monoisotopic (exact) mass is 225 g/mol. The Morgan fingerprint density at radius 3 is 2.69 bits per heavy atom. The number of nitrogens with zero attached hydrogens (tertiary/aromatic N) is 1. The highest BCUT2D eigenvalue weighted by atomic mass is 16.5. The molecule has 4 nitrogen and oxygen atoms in total. The van der Waals surface area contributed by atoms with Crippen molar-refractivity contribution in [2.45, 2.75) is 25.7 Å². The van der Waals surface area contributed by atoms with E-state index in [1.165, 1.54) is 4.90 Å². The third-order valence-corrected chi connectivity index (χ3v) is 2.95. The predicted octanol–water partition coefficient (Wildman–Crippen LogP) is 1.81. The molecular weight excluding hydrogens is 206 g/mol. The first-order valence-electron chi connectivity index (χ1n) is 5.73. The summed E-state index contributed by atoms with van der Waals surface area (Å²) in [6.07, 6.45) is 7.88. The van der Waals surface area contributed by atoms with E-state index in [-0.39, 0.29) is 0 Å². The molecule has 1 saturated heterocycles. The fourth-order valence-corrected chi connectivity index (χ4v) is 1.90. The summed E-state index contributed by atoms with van der Waals surface area (Å²) in [6, 6.07) is 0. The smallest absolute Gasteiger partial charge is 0.407 e. The Hall–Kier alpha value is -1.21. The summed E-state index contributed by atoms with van der Waals surface area (Å²) >= 11 is 0. The number of ether oxygens (including phenoxy) is 1. The zero-order chi connectivity index (χ0) is 11.8. The number of carbonyl (C=O) groups is 1. The van der Waals surface area contributed by atoms with E-state index in [2.05, 4.69) is 5.92 Å². The van der Waals surface area contributed by atoms with Gasteiger partial charge < -0.3 is 14.7 Å². The lowest BCUT2D eigenvalue weighted by Gasteiger charge is -2.29. The van der Waals surface area contributed by atoms with Crippen LogP contribution in [0.4, 0.5) is 4.79 Å². The Balaban J connectivity index is 2.04. The van der Waals surface area contributed by atoms with Crippen molar-refractivity contribution in [3.05, 3.63) is 0 Å². The Labute approximate surface area is 96.6 Å². The first-order chi connectivity index (χ1) is 7.74. The van der Waals surface area contributed by atoms with Crippen molar-refractivity contribution >= 4 is 6.09 Å². The van der Waals surface area contributed by atoms with Crippen molar-refractivity contribution in [2.75, 3.05) is 26.3 Å². The van der Waals surface area contributed by atoms with Crippen LogP contribution >= 0.6 is 0 Å². The molecule has 1 aliphatic heterocycles. The number of rotatable bonds is 5. The summed E-state index contributed by atoms with van der Waals surface area (Å²) in [5.41, 5.74) is 0. The van der Waals surface area contributed by atoms with Crippen LogP contribution in [-0.4, -0.2) is 42.4 Å². The average molecular weight is 225 g/mol. The van der Waals surface area contributed by atoms with Gasteiger partial charge in [-0.1, -0.05) is 0 Å². The molecule has 4 heteroatoms. The number of hydrogen-bond donors (Lipinski definition) is 1. The molecule has 0 atom stereocenters. The van der Waals surface area contributed by atoms with Crippen LogP contribution in [0.5, 0.6) is 0 Å². The Bertz CT molecular complexity index is 251. The lowest BCUT2D eigenvalue weighted by molar-refractivity contribution is 0.0979. The lowest BCUT2D eigenvalue weighted by Crippen LogP contribution is -2.37. The summed E-state index contributed by atoms with van der Waals surface area (Å²) in [5.74, 6) is 3.13. The maximum absolute atomic E-state index is 10.7. The fraction of sp³-hybridized carbons (Fsp3) is 0.750. The number of likely N-dealkylation sites (tertiary alicyclic amines) is 1. The third kappa shape index (κ3) is 4.54. The standard InChI is InChI=1S/C12H19NO3/c1-2-3-9-16-10-6-11-4-7-13(8-5-11)12(14)15/h1,11H,3-10H2,(H,14,15). The number of terminal acetylenes is 1. The fourth-order valence-electron chi connectivity index (χ4n) is 1.90. The van der Waals surface area contributed by atoms with E-state index >= 15 is 0 Å². The zero-order valence-electron chi connectivity index (χ0n) is 9.52. The molecule has 90 valence electrons. The van der Waals surface area contributed by atoms with Crippen LogP contribution in [0, 0.1) is 18.3 Å². The van der Waals surface area contributed by atoms with Crippen LogP contribution in [0.15, 0.2) is 0 Å². The molecule has 0 unspecified atom stereocenters. The van der Waals surface area contributed by atoms with Crippen molar-refractivity contribution in [3.63, 3.8) is 0 Å². The molecule has 0 aliphatic carbocycles. The van der Waals surface area contributed by atoms with E-state index < -0.39 is 6.09 Å². The first-order valence-corrected chi connectivity index (χ1v) is 5.73. The van der Waals surface area contributed by atoms with Gasteiger partial charge in [0.15, 0.2) is 0 Å². The topological polar surface area (TPSA) is 49.8 Å². The van der Waals surface area contributed by atoms with Gasteiger partial charge in [0, 0.05) is 26.1 Å². The van der Waals surface area contributed by atoms with Gasteiger partial charge in [0.25, 0.3) is 0 Å². The van der Waals surface area contributed by atoms with Gasteiger partial charge in [-0.25, -0.2) is 4.79 Å². The predicted molar refractivity (Wildman–Crippen MR) is 61.2 cm³/mol. The van der Waals surface area contributed by atoms with Crippen LogP contribution in [0.2, 0.25) is 0 Å². The molecule has 0 bridgehead atoms. The molecule has 1 heterocycles. The van der Waals surface area contributed by atoms with Crippen molar-refractivity contribution < 1.29 is 14.6 Å². The second-order valence-electron chi connectivity index (χ2n) is 4.07. The van der Waals surface area contributed by atoms with Crippen molar-refractivity contribution in [1.82, 2.24) is 4.90 Å². The van der Waals surface area contributed by atoms with Gasteiger partial charge in [-0.15, -0.1) is 12.3 Å². The molecule has 16 heavy (non-hydrogen) atoms. The van der Waals surface area contributed by atoms with E-state index in [1.54, 1.807) is 0 Å². The normalized spacial score (nSPS) is 17.1. The van der Waals surface area contributed by atoms with Gasteiger partial charge in [-0.05, 0) is 25.2 Å². The third-order valence-electron chi connectivity index (χ3n) is 2.95. The molecule has 1 rings (SSSR count). The summed E-state index contributed by atoms with van der Waals surface area (Å²) in [5, 5.41) is 8.78. The zero-order valence-corrected chi connectivity index (χ0v) is 9.52. The summed E-state index contributed by atoms with van der Waals surface area (Å²) < 4.78 is 5.38. The van der Waals surface area contributed by atoms with E-state index in [4.69, 9.17) is 16.3 Å². The van der Waals surface area contributed by atoms with Crippen LogP contribution in [0.25, 0.3) is 0 Å². The average Bonchev–Trinajstić information content (AvgIpc) is 2.29. The minimum Gasteiger partial charge on any atom is -0.465 e. The van der Waals surface area contributed by atoms with Gasteiger partial charge in [-0.3, -0.25) is 0 Å². The second-order valence-corrected chi connectivity index (χ2v) is 4.07. The van der Waals surface area contributed by atoms with Gasteiger partial charge >= 0.3 is 6.09 Å². The largest absolute Gasteiger partial charge is 0.465 e. The molecule has 0 spiro atoms. The molecule has 0 saturated carbocycles. The molecule has 0 aromatic rings. The summed E-state index contributed by atoms with van der Waals surface area (Å²) in [6.45, 7) is 2.68. The molecule has 1 N–H and O–H groups in total. The highest BCUT2D eigenvalue weighted by Gasteiger charge is 2.21. The number of carboxylic acid groups (broad SMARTS) is 1. The van der Waals surface area contributed by atoms with E-state index in [0.717, 1.165) is 25.9 Å². The van der Waals surface area contributed by atoms with Crippen LogP contribution < -0.4 is 0 Å². The molecule has 1 fully saturated rings. The van der Waals surface area contributed by atoms with Crippen molar-refractivity contribution in [2.24, 2.45) is 5.92 Å². The maximum Gasteiger partial charge on any atom is 0.407 e. The lowest BCUT2D eigenvalue weighted by atomic mass is 9.94. The second kappa shape index (κ2) is 7.13. The van der Waals surface area contributed by atoms with Crippen LogP contribution in [0.1, 0.15) is 25.7 Å². The Kier molecular flexibility index (Phi) is 5.73. The van der Waals surface area contributed by atoms with Gasteiger partial charge in [0.2, 0.25) is 0 Å². The molecule has 0 aromatic heterocycles. The first kappa shape index (κ1) is 12.9. The maximum atomic E-state index is 10.7. The Morgan fingerprint density at radius 2 is 2.12 bits per heavy atom. The highest BCUT2D eigenvalue weighted by molar-refractivity contribution is 5.64. The Morgan fingerprint density at radius 1 is 1.44 bits per heavy atom. The molecule has 1 aliphatic rings.